The normalized spacial score (nSPS) is 16.0. The summed E-state index contributed by atoms with van der Waals surface area (Å²) in [6.45, 7) is 2.06. The zero-order chi connectivity index (χ0) is 18.1. The van der Waals surface area contributed by atoms with E-state index in [4.69, 9.17) is 0 Å². The zero-order valence-electron chi connectivity index (χ0n) is 14.5. The van der Waals surface area contributed by atoms with E-state index < -0.39 is 5.54 Å². The molecule has 1 aromatic carbocycles. The van der Waals surface area contributed by atoms with Gasteiger partial charge in [-0.1, -0.05) is 30.0 Å². The van der Waals surface area contributed by atoms with Crippen molar-refractivity contribution in [1.29, 1.82) is 5.26 Å². The lowest BCUT2D eigenvalue weighted by molar-refractivity contribution is -0.119. The van der Waals surface area contributed by atoms with E-state index in [2.05, 4.69) is 34.6 Å². The largest absolute Gasteiger partial charge is 0.337 e. The van der Waals surface area contributed by atoms with Crippen molar-refractivity contribution in [3.05, 3.63) is 35.9 Å². The van der Waals surface area contributed by atoms with Crippen LogP contribution < -0.4 is 5.32 Å². The third-order valence-corrected chi connectivity index (χ3v) is 5.88. The summed E-state index contributed by atoms with van der Waals surface area (Å²) in [4.78, 5) is 12.4. The molecule has 1 aliphatic rings. The number of pyridine rings is 1. The predicted octanol–water partition coefficient (Wildman–Crippen LogP) is 3.24. The van der Waals surface area contributed by atoms with Crippen LogP contribution in [0, 0.1) is 18.3 Å². The minimum atomic E-state index is -0.686. The maximum absolute atomic E-state index is 12.4. The monoisotopic (exact) mass is 365 g/mol. The molecular weight excluding hydrogens is 346 g/mol. The van der Waals surface area contributed by atoms with Crippen molar-refractivity contribution in [2.45, 2.75) is 43.3 Å². The molecule has 0 unspecified atom stereocenters. The Bertz CT molecular complexity index is 1030. The molecule has 132 valence electrons. The molecule has 2 heterocycles. The number of fused-ring (bicyclic) bond motifs is 3. The zero-order valence-corrected chi connectivity index (χ0v) is 15.3. The van der Waals surface area contributed by atoms with E-state index in [1.165, 1.54) is 11.8 Å². The van der Waals surface area contributed by atoms with Crippen LogP contribution in [0.5, 0.6) is 0 Å². The second-order valence-electron chi connectivity index (χ2n) is 6.76. The fraction of sp³-hybridized carbons (Fsp3) is 0.368. The molecule has 1 saturated carbocycles. The van der Waals surface area contributed by atoms with E-state index in [0.717, 1.165) is 47.8 Å². The molecule has 0 saturated heterocycles. The van der Waals surface area contributed by atoms with Gasteiger partial charge in [0.25, 0.3) is 0 Å². The number of rotatable bonds is 4. The summed E-state index contributed by atoms with van der Waals surface area (Å²) < 4.78 is 1.98. The van der Waals surface area contributed by atoms with Crippen LogP contribution in [0.25, 0.3) is 16.6 Å². The van der Waals surface area contributed by atoms with Gasteiger partial charge in [-0.25, -0.2) is 0 Å². The Morgan fingerprint density at radius 3 is 2.88 bits per heavy atom. The van der Waals surface area contributed by atoms with Crippen molar-refractivity contribution < 1.29 is 4.79 Å². The Balaban J connectivity index is 1.57. The van der Waals surface area contributed by atoms with E-state index >= 15 is 0 Å². The van der Waals surface area contributed by atoms with Crippen LogP contribution in [-0.2, 0) is 4.79 Å². The summed E-state index contributed by atoms with van der Waals surface area (Å²) in [5.41, 5.74) is 2.26. The molecule has 1 fully saturated rings. The van der Waals surface area contributed by atoms with Crippen molar-refractivity contribution in [1.82, 2.24) is 19.9 Å². The van der Waals surface area contributed by atoms with Gasteiger partial charge in [0, 0.05) is 5.39 Å². The van der Waals surface area contributed by atoms with Gasteiger partial charge in [-0.05, 0) is 50.3 Å². The van der Waals surface area contributed by atoms with E-state index in [0.29, 0.717) is 5.16 Å². The van der Waals surface area contributed by atoms with Crippen molar-refractivity contribution >= 4 is 34.2 Å². The fourth-order valence-electron chi connectivity index (χ4n) is 3.64. The quantitative estimate of drug-likeness (QED) is 0.718. The molecule has 0 atom stereocenters. The van der Waals surface area contributed by atoms with Crippen molar-refractivity contribution in [3.63, 3.8) is 0 Å². The van der Waals surface area contributed by atoms with E-state index in [9.17, 15) is 10.1 Å². The number of nitriles is 1. The van der Waals surface area contributed by atoms with Crippen molar-refractivity contribution in [2.75, 3.05) is 5.75 Å². The van der Waals surface area contributed by atoms with Crippen LogP contribution >= 0.6 is 11.8 Å². The van der Waals surface area contributed by atoms with Crippen LogP contribution in [0.3, 0.4) is 0 Å². The number of amides is 1. The lowest BCUT2D eigenvalue weighted by Gasteiger charge is -2.21. The lowest BCUT2D eigenvalue weighted by Crippen LogP contribution is -2.45. The average Bonchev–Trinajstić information content (AvgIpc) is 3.28. The molecule has 4 rings (SSSR count). The highest BCUT2D eigenvalue weighted by Gasteiger charge is 2.35. The number of benzene rings is 1. The minimum Gasteiger partial charge on any atom is -0.337 e. The first-order chi connectivity index (χ1) is 12.6. The molecule has 0 aliphatic heterocycles. The molecule has 6 nitrogen and oxygen atoms in total. The Labute approximate surface area is 155 Å². The van der Waals surface area contributed by atoms with E-state index in [1.807, 2.05) is 28.7 Å². The maximum Gasteiger partial charge on any atom is 0.231 e. The summed E-state index contributed by atoms with van der Waals surface area (Å²) in [6.07, 6.45) is 3.44. The molecule has 7 heteroatoms. The minimum absolute atomic E-state index is 0.133. The Morgan fingerprint density at radius 2 is 2.12 bits per heavy atom. The number of aryl methyl sites for hydroxylation is 1. The second kappa shape index (κ2) is 6.61. The third-order valence-electron chi connectivity index (χ3n) is 4.96. The molecule has 1 amide bonds. The number of thioether (sulfide) groups is 1. The Kier molecular flexibility index (Phi) is 4.29. The number of carbonyl (C=O) groups excluding carboxylic acids is 1. The van der Waals surface area contributed by atoms with Gasteiger partial charge in [-0.2, -0.15) is 5.26 Å². The number of para-hydroxylation sites is 1. The van der Waals surface area contributed by atoms with Gasteiger partial charge in [0.05, 0.1) is 17.3 Å². The van der Waals surface area contributed by atoms with Crippen LogP contribution in [0.1, 0.15) is 31.2 Å². The van der Waals surface area contributed by atoms with Gasteiger partial charge in [0.1, 0.15) is 5.54 Å². The molecule has 0 spiro atoms. The molecule has 0 bridgehead atoms. The highest BCUT2D eigenvalue weighted by Crippen LogP contribution is 2.29. The third kappa shape index (κ3) is 2.90. The van der Waals surface area contributed by atoms with Crippen LogP contribution in [-0.4, -0.2) is 31.8 Å². The predicted molar refractivity (Wildman–Crippen MR) is 101 cm³/mol. The number of nitrogens with zero attached hydrogens (tertiary/aromatic N) is 4. The average molecular weight is 365 g/mol. The first-order valence-electron chi connectivity index (χ1n) is 8.70. The van der Waals surface area contributed by atoms with E-state index in [1.54, 1.807) is 0 Å². The molecule has 2 aromatic heterocycles. The Hall–Kier alpha value is -2.59. The molecule has 26 heavy (non-hydrogen) atoms. The van der Waals surface area contributed by atoms with Gasteiger partial charge in [0.15, 0.2) is 10.8 Å². The first kappa shape index (κ1) is 16.9. The van der Waals surface area contributed by atoms with Gasteiger partial charge >= 0.3 is 0 Å². The van der Waals surface area contributed by atoms with Gasteiger partial charge in [0.2, 0.25) is 5.91 Å². The SMILES string of the molecule is Cc1cc2nnc(SCC(=O)NC3(C#N)CCCC3)n2c2ccccc12. The molecule has 1 aliphatic carbocycles. The first-order valence-corrected chi connectivity index (χ1v) is 9.69. The number of aromatic nitrogens is 3. The molecule has 0 radical (unpaired) electrons. The van der Waals surface area contributed by atoms with Crippen molar-refractivity contribution in [2.24, 2.45) is 0 Å². The number of hydrogen-bond donors (Lipinski definition) is 1. The van der Waals surface area contributed by atoms with E-state index in [-0.39, 0.29) is 11.7 Å². The highest BCUT2D eigenvalue weighted by molar-refractivity contribution is 7.99. The summed E-state index contributed by atoms with van der Waals surface area (Å²) in [5.74, 6) is 0.0819. The van der Waals surface area contributed by atoms with Gasteiger partial charge < -0.3 is 5.32 Å². The summed E-state index contributed by atoms with van der Waals surface area (Å²) in [6, 6.07) is 12.4. The fourth-order valence-corrected chi connectivity index (χ4v) is 4.40. The summed E-state index contributed by atoms with van der Waals surface area (Å²) in [5, 5.41) is 22.7. The topological polar surface area (TPSA) is 83.1 Å². The molecule has 1 N–H and O–H groups in total. The molecule has 3 aromatic rings. The van der Waals surface area contributed by atoms with Crippen LogP contribution in [0.4, 0.5) is 0 Å². The van der Waals surface area contributed by atoms with Crippen molar-refractivity contribution in [3.8, 4) is 6.07 Å². The van der Waals surface area contributed by atoms with Crippen LogP contribution in [0.2, 0.25) is 0 Å². The number of hydrogen-bond acceptors (Lipinski definition) is 5. The van der Waals surface area contributed by atoms with Gasteiger partial charge in [-0.3, -0.25) is 9.20 Å². The Morgan fingerprint density at radius 1 is 1.35 bits per heavy atom. The van der Waals surface area contributed by atoms with Gasteiger partial charge in [-0.15, -0.1) is 10.2 Å². The maximum atomic E-state index is 12.4. The lowest BCUT2D eigenvalue weighted by atomic mass is 10.0. The highest BCUT2D eigenvalue weighted by atomic mass is 32.2. The molecular formula is C19H19N5OS. The number of nitrogens with one attached hydrogen (secondary N) is 1. The number of carbonyl (C=O) groups is 1. The standard InChI is InChI=1S/C19H19N5OS/c1-13-10-16-22-23-18(24(16)15-7-3-2-6-14(13)15)26-11-17(25)21-19(12-20)8-4-5-9-19/h2-3,6-7,10H,4-5,8-9,11H2,1H3,(H,21,25). The summed E-state index contributed by atoms with van der Waals surface area (Å²) >= 11 is 1.35. The van der Waals surface area contributed by atoms with Crippen LogP contribution in [0.15, 0.2) is 35.5 Å². The smallest absolute Gasteiger partial charge is 0.231 e. The second-order valence-corrected chi connectivity index (χ2v) is 7.70. The summed E-state index contributed by atoms with van der Waals surface area (Å²) in [7, 11) is 0.